The molecule has 0 aliphatic heterocycles. The minimum absolute atomic E-state index is 0.251. The maximum atomic E-state index is 12.8. The number of aryl methyl sites for hydroxylation is 1. The Morgan fingerprint density at radius 1 is 0.920 bits per heavy atom. The Morgan fingerprint density at radius 3 is 2.20 bits per heavy atom. The number of hydrogen-bond donors (Lipinski definition) is 1. The molecule has 1 unspecified atom stereocenters. The number of rotatable bonds is 6. The third-order valence-electron chi connectivity index (χ3n) is 4.03. The molecule has 1 aromatic heterocycles. The van der Waals surface area contributed by atoms with Crippen molar-refractivity contribution in [3.05, 3.63) is 95.8 Å². The van der Waals surface area contributed by atoms with Crippen LogP contribution in [0.4, 0.5) is 0 Å². The Balaban J connectivity index is 1.97. The molecule has 0 bridgehead atoms. The lowest BCUT2D eigenvalue weighted by Crippen LogP contribution is -2.30. The van der Waals surface area contributed by atoms with Gasteiger partial charge in [0.05, 0.1) is 16.6 Å². The number of sulfonamides is 1. The molecule has 1 N–H and O–H groups in total. The molecule has 0 spiro atoms. The number of pyridine rings is 1. The van der Waals surface area contributed by atoms with Crippen molar-refractivity contribution in [1.82, 2.24) is 9.71 Å². The quantitative estimate of drug-likeness (QED) is 0.736. The number of aromatic nitrogens is 1. The second-order valence-electron chi connectivity index (χ2n) is 5.72. The van der Waals surface area contributed by atoms with Gasteiger partial charge in [0, 0.05) is 6.20 Å². The Kier molecular flexibility index (Phi) is 5.26. The molecule has 25 heavy (non-hydrogen) atoms. The van der Waals surface area contributed by atoms with Crippen molar-refractivity contribution in [3.8, 4) is 0 Å². The first-order valence-electron chi connectivity index (χ1n) is 8.17. The monoisotopic (exact) mass is 352 g/mol. The Morgan fingerprint density at radius 2 is 1.60 bits per heavy atom. The van der Waals surface area contributed by atoms with Crippen molar-refractivity contribution in [2.75, 3.05) is 0 Å². The van der Waals surface area contributed by atoms with E-state index < -0.39 is 16.1 Å². The lowest BCUT2D eigenvalue weighted by Gasteiger charge is -2.19. The molecule has 0 aliphatic carbocycles. The zero-order chi connectivity index (χ0) is 17.7. The molecule has 0 fully saturated rings. The highest BCUT2D eigenvalue weighted by atomic mass is 32.2. The summed E-state index contributed by atoms with van der Waals surface area (Å²) < 4.78 is 28.5. The van der Waals surface area contributed by atoms with Crippen LogP contribution in [0.3, 0.4) is 0 Å². The largest absolute Gasteiger partial charge is 0.259 e. The van der Waals surface area contributed by atoms with E-state index in [1.165, 1.54) is 0 Å². The summed E-state index contributed by atoms with van der Waals surface area (Å²) in [6.07, 6.45) is 2.53. The van der Waals surface area contributed by atoms with Gasteiger partial charge in [0.2, 0.25) is 10.0 Å². The van der Waals surface area contributed by atoms with Gasteiger partial charge in [0.25, 0.3) is 0 Å². The molecule has 128 valence electrons. The second-order valence-corrected chi connectivity index (χ2v) is 7.43. The van der Waals surface area contributed by atoms with Crippen molar-refractivity contribution in [1.29, 1.82) is 0 Å². The fraction of sp³-hybridized carbons (Fsp3) is 0.150. The second kappa shape index (κ2) is 7.59. The SMILES string of the molecule is CCc1ccc(S(=O)(=O)NC(c2ccccc2)c2ccccn2)cc1. The zero-order valence-electron chi connectivity index (χ0n) is 14.0. The van der Waals surface area contributed by atoms with Crippen LogP contribution in [0.5, 0.6) is 0 Å². The molecule has 1 heterocycles. The van der Waals surface area contributed by atoms with Crippen molar-refractivity contribution in [2.45, 2.75) is 24.3 Å². The maximum Gasteiger partial charge on any atom is 0.241 e. The fourth-order valence-electron chi connectivity index (χ4n) is 2.62. The summed E-state index contributed by atoms with van der Waals surface area (Å²) in [7, 11) is -3.67. The standard InChI is InChI=1S/C20H20N2O2S/c1-2-16-11-13-18(14-12-16)25(23,24)22-20(17-8-4-3-5-9-17)19-10-6-7-15-21-19/h3-15,20,22H,2H2,1H3. The number of nitrogens with zero attached hydrogens (tertiary/aromatic N) is 1. The molecule has 0 saturated heterocycles. The first-order chi connectivity index (χ1) is 12.1. The maximum absolute atomic E-state index is 12.8. The molecule has 0 saturated carbocycles. The Labute approximate surface area is 148 Å². The van der Waals surface area contributed by atoms with Gasteiger partial charge in [0.15, 0.2) is 0 Å². The highest BCUT2D eigenvalue weighted by molar-refractivity contribution is 7.89. The summed E-state index contributed by atoms with van der Waals surface area (Å²) in [5.41, 5.74) is 2.60. The molecule has 0 aliphatic rings. The van der Waals surface area contributed by atoms with Crippen molar-refractivity contribution < 1.29 is 8.42 Å². The predicted molar refractivity (Wildman–Crippen MR) is 98.7 cm³/mol. The van der Waals surface area contributed by atoms with E-state index in [0.717, 1.165) is 17.5 Å². The Hall–Kier alpha value is -2.50. The summed E-state index contributed by atoms with van der Waals surface area (Å²) in [6, 6.07) is 21.3. The summed E-state index contributed by atoms with van der Waals surface area (Å²) in [5.74, 6) is 0. The van der Waals surface area contributed by atoms with Crippen LogP contribution in [0.25, 0.3) is 0 Å². The minimum atomic E-state index is -3.67. The van der Waals surface area contributed by atoms with Gasteiger partial charge < -0.3 is 0 Å². The molecule has 3 rings (SSSR count). The third kappa shape index (κ3) is 4.13. The van der Waals surface area contributed by atoms with Gasteiger partial charge in [-0.15, -0.1) is 0 Å². The van der Waals surface area contributed by atoms with Crippen LogP contribution in [-0.2, 0) is 16.4 Å². The van der Waals surface area contributed by atoms with Crippen LogP contribution in [0, 0.1) is 0 Å². The van der Waals surface area contributed by atoms with E-state index in [1.807, 2.05) is 67.6 Å². The van der Waals surface area contributed by atoms with Crippen molar-refractivity contribution >= 4 is 10.0 Å². The van der Waals surface area contributed by atoms with Crippen LogP contribution in [0.2, 0.25) is 0 Å². The van der Waals surface area contributed by atoms with Gasteiger partial charge in [-0.2, -0.15) is 4.72 Å². The lowest BCUT2D eigenvalue weighted by atomic mass is 10.0. The first kappa shape index (κ1) is 17.3. The van der Waals surface area contributed by atoms with Gasteiger partial charge in [0.1, 0.15) is 0 Å². The van der Waals surface area contributed by atoms with Crippen LogP contribution < -0.4 is 4.72 Å². The molecular weight excluding hydrogens is 332 g/mol. The fourth-order valence-corrected chi connectivity index (χ4v) is 3.82. The van der Waals surface area contributed by atoms with Gasteiger partial charge in [-0.25, -0.2) is 8.42 Å². The first-order valence-corrected chi connectivity index (χ1v) is 9.65. The highest BCUT2D eigenvalue weighted by Gasteiger charge is 2.23. The highest BCUT2D eigenvalue weighted by Crippen LogP contribution is 2.23. The van der Waals surface area contributed by atoms with Crippen molar-refractivity contribution in [3.63, 3.8) is 0 Å². The van der Waals surface area contributed by atoms with Gasteiger partial charge in [-0.3, -0.25) is 4.98 Å². The number of benzene rings is 2. The average molecular weight is 352 g/mol. The smallest absolute Gasteiger partial charge is 0.241 e. The molecule has 4 nitrogen and oxygen atoms in total. The van der Waals surface area contributed by atoms with E-state index in [2.05, 4.69) is 9.71 Å². The van der Waals surface area contributed by atoms with Crippen LogP contribution in [-0.4, -0.2) is 13.4 Å². The molecule has 3 aromatic rings. The zero-order valence-corrected chi connectivity index (χ0v) is 14.8. The van der Waals surface area contributed by atoms with E-state index in [9.17, 15) is 8.42 Å². The third-order valence-corrected chi connectivity index (χ3v) is 5.47. The molecular formula is C20H20N2O2S. The van der Waals surface area contributed by atoms with Gasteiger partial charge >= 0.3 is 0 Å². The molecule has 0 radical (unpaired) electrons. The van der Waals surface area contributed by atoms with E-state index >= 15 is 0 Å². The summed E-state index contributed by atoms with van der Waals surface area (Å²) in [5, 5.41) is 0. The summed E-state index contributed by atoms with van der Waals surface area (Å²) in [6.45, 7) is 2.04. The molecule has 0 amide bonds. The topological polar surface area (TPSA) is 59.1 Å². The van der Waals surface area contributed by atoms with Crippen LogP contribution in [0.1, 0.15) is 29.8 Å². The Bertz CT molecular complexity index is 869. The summed E-state index contributed by atoms with van der Waals surface area (Å²) >= 11 is 0. The molecule has 1 atom stereocenters. The number of nitrogens with one attached hydrogen (secondary N) is 1. The lowest BCUT2D eigenvalue weighted by molar-refractivity contribution is 0.570. The van der Waals surface area contributed by atoms with E-state index in [-0.39, 0.29) is 4.90 Å². The minimum Gasteiger partial charge on any atom is -0.259 e. The van der Waals surface area contributed by atoms with Crippen molar-refractivity contribution in [2.24, 2.45) is 0 Å². The van der Waals surface area contributed by atoms with Crippen LogP contribution in [0.15, 0.2) is 83.9 Å². The summed E-state index contributed by atoms with van der Waals surface area (Å²) in [4.78, 5) is 4.59. The van der Waals surface area contributed by atoms with Gasteiger partial charge in [-0.1, -0.05) is 55.5 Å². The molecule has 2 aromatic carbocycles. The van der Waals surface area contributed by atoms with Crippen LogP contribution >= 0.6 is 0 Å². The van der Waals surface area contributed by atoms with E-state index in [4.69, 9.17) is 0 Å². The normalized spacial score (nSPS) is 12.7. The predicted octanol–water partition coefficient (Wildman–Crippen LogP) is 3.71. The number of hydrogen-bond acceptors (Lipinski definition) is 3. The van der Waals surface area contributed by atoms with E-state index in [0.29, 0.717) is 5.69 Å². The average Bonchev–Trinajstić information content (AvgIpc) is 2.67. The van der Waals surface area contributed by atoms with E-state index in [1.54, 1.807) is 18.3 Å². The van der Waals surface area contributed by atoms with Gasteiger partial charge in [-0.05, 0) is 41.8 Å². The molecule has 5 heteroatoms.